The lowest BCUT2D eigenvalue weighted by atomic mass is 10.1. The van der Waals surface area contributed by atoms with Crippen molar-refractivity contribution in [1.82, 2.24) is 10.2 Å². The van der Waals surface area contributed by atoms with Gasteiger partial charge in [-0.05, 0) is 62.7 Å². The first kappa shape index (κ1) is 22.3. The maximum absolute atomic E-state index is 5.94. The van der Waals surface area contributed by atoms with E-state index in [1.807, 2.05) is 24.3 Å². The number of rotatable bonds is 13. The van der Waals surface area contributed by atoms with Gasteiger partial charge in [-0.3, -0.25) is 0 Å². The van der Waals surface area contributed by atoms with Crippen LogP contribution in [0.1, 0.15) is 44.7 Å². The molecular formula is C24H36N2O2. The zero-order valence-electron chi connectivity index (χ0n) is 17.9. The molecule has 0 spiro atoms. The molecule has 0 aliphatic carbocycles. The summed E-state index contributed by atoms with van der Waals surface area (Å²) in [5.74, 6) is 1.56. The summed E-state index contributed by atoms with van der Waals surface area (Å²) in [5, 5.41) is 3.62. The lowest BCUT2D eigenvalue weighted by Gasteiger charge is -2.20. The Kier molecular flexibility index (Phi) is 9.87. The predicted octanol–water partition coefficient (Wildman–Crippen LogP) is 4.87. The highest BCUT2D eigenvalue weighted by molar-refractivity contribution is 5.43. The fraction of sp³-hybridized carbons (Fsp3) is 0.500. The monoisotopic (exact) mass is 384 g/mol. The third kappa shape index (κ3) is 7.53. The number of hydrogen-bond donors (Lipinski definition) is 1. The van der Waals surface area contributed by atoms with Crippen molar-refractivity contribution in [2.75, 3.05) is 26.7 Å². The molecule has 0 amide bonds. The predicted molar refractivity (Wildman–Crippen MR) is 117 cm³/mol. The van der Waals surface area contributed by atoms with E-state index in [9.17, 15) is 0 Å². The minimum atomic E-state index is 0.496. The Morgan fingerprint density at radius 3 is 2.39 bits per heavy atom. The zero-order chi connectivity index (χ0) is 20.2. The molecule has 0 aromatic heterocycles. The fourth-order valence-corrected chi connectivity index (χ4v) is 3.23. The van der Waals surface area contributed by atoms with E-state index in [4.69, 9.17) is 9.47 Å². The van der Waals surface area contributed by atoms with Gasteiger partial charge in [-0.15, -0.1) is 0 Å². The number of methoxy groups -OCH3 is 1. The van der Waals surface area contributed by atoms with Gasteiger partial charge in [0.05, 0.1) is 7.11 Å². The molecule has 0 aliphatic heterocycles. The zero-order valence-corrected chi connectivity index (χ0v) is 17.9. The van der Waals surface area contributed by atoms with Crippen molar-refractivity contribution in [3.63, 3.8) is 0 Å². The van der Waals surface area contributed by atoms with E-state index in [1.54, 1.807) is 7.11 Å². The molecule has 0 aliphatic rings. The first-order valence-corrected chi connectivity index (χ1v) is 10.5. The van der Waals surface area contributed by atoms with E-state index in [1.165, 1.54) is 24.9 Å². The average molecular weight is 385 g/mol. The number of nitrogens with zero attached hydrogens (tertiary/aromatic N) is 1. The van der Waals surface area contributed by atoms with E-state index in [-0.39, 0.29) is 0 Å². The fourth-order valence-electron chi connectivity index (χ4n) is 3.23. The molecule has 0 radical (unpaired) electrons. The summed E-state index contributed by atoms with van der Waals surface area (Å²) in [5.41, 5.74) is 2.35. The maximum Gasteiger partial charge on any atom is 0.161 e. The number of ether oxygens (including phenoxy) is 2. The smallest absolute Gasteiger partial charge is 0.161 e. The van der Waals surface area contributed by atoms with Crippen molar-refractivity contribution in [2.45, 2.75) is 52.8 Å². The number of benzene rings is 2. The van der Waals surface area contributed by atoms with Crippen molar-refractivity contribution < 1.29 is 9.47 Å². The summed E-state index contributed by atoms with van der Waals surface area (Å²) >= 11 is 0. The number of hydrogen-bond acceptors (Lipinski definition) is 4. The van der Waals surface area contributed by atoms with Gasteiger partial charge in [0.25, 0.3) is 0 Å². The Labute approximate surface area is 170 Å². The summed E-state index contributed by atoms with van der Waals surface area (Å²) in [6.45, 7) is 11.5. The summed E-state index contributed by atoms with van der Waals surface area (Å²) in [6.07, 6.45) is 2.41. The first-order chi connectivity index (χ1) is 13.7. The molecule has 28 heavy (non-hydrogen) atoms. The molecule has 154 valence electrons. The summed E-state index contributed by atoms with van der Waals surface area (Å²) in [7, 11) is 1.69. The van der Waals surface area contributed by atoms with Crippen LogP contribution in [-0.4, -0.2) is 37.7 Å². The lowest BCUT2D eigenvalue weighted by Crippen LogP contribution is -2.28. The van der Waals surface area contributed by atoms with Gasteiger partial charge in [0.1, 0.15) is 6.61 Å². The summed E-state index contributed by atoms with van der Waals surface area (Å²) < 4.78 is 11.5. The van der Waals surface area contributed by atoms with Crippen molar-refractivity contribution in [1.29, 1.82) is 0 Å². The molecule has 1 N–H and O–H groups in total. The molecule has 0 fully saturated rings. The topological polar surface area (TPSA) is 33.7 Å². The molecule has 2 aromatic carbocycles. The standard InChI is InChI=1S/C24H36N2O2/c1-5-26(6-2)16-10-11-20(3)25-18-22-14-15-23(24(17-22)27-4)28-19-21-12-8-7-9-13-21/h7-9,12-15,17,20,25H,5-6,10-11,16,18-19H2,1-4H3. The van der Waals surface area contributed by atoms with Crippen molar-refractivity contribution in [3.05, 3.63) is 59.7 Å². The van der Waals surface area contributed by atoms with E-state index in [0.717, 1.165) is 36.7 Å². The third-order valence-electron chi connectivity index (χ3n) is 5.13. The molecule has 0 saturated carbocycles. The quantitative estimate of drug-likeness (QED) is 0.534. The molecule has 2 rings (SSSR count). The Balaban J connectivity index is 1.80. The molecule has 1 atom stereocenters. The van der Waals surface area contributed by atoms with Crippen LogP contribution in [0.3, 0.4) is 0 Å². The highest BCUT2D eigenvalue weighted by atomic mass is 16.5. The van der Waals surface area contributed by atoms with Crippen LogP contribution in [0.4, 0.5) is 0 Å². The SMILES string of the molecule is CCN(CC)CCCC(C)NCc1ccc(OCc2ccccc2)c(OC)c1. The van der Waals surface area contributed by atoms with Crippen LogP contribution in [0.25, 0.3) is 0 Å². The van der Waals surface area contributed by atoms with Crippen molar-refractivity contribution in [2.24, 2.45) is 0 Å². The van der Waals surface area contributed by atoms with Gasteiger partial charge >= 0.3 is 0 Å². The van der Waals surface area contributed by atoms with Crippen LogP contribution in [0.5, 0.6) is 11.5 Å². The maximum atomic E-state index is 5.94. The van der Waals surface area contributed by atoms with Gasteiger partial charge in [0.2, 0.25) is 0 Å². The molecule has 2 aromatic rings. The largest absolute Gasteiger partial charge is 0.493 e. The second kappa shape index (κ2) is 12.4. The van der Waals surface area contributed by atoms with Gasteiger partial charge in [-0.1, -0.05) is 50.2 Å². The third-order valence-corrected chi connectivity index (χ3v) is 5.13. The second-order valence-corrected chi connectivity index (χ2v) is 7.21. The summed E-state index contributed by atoms with van der Waals surface area (Å²) in [6, 6.07) is 16.9. The Morgan fingerprint density at radius 2 is 1.71 bits per heavy atom. The van der Waals surface area contributed by atoms with Crippen molar-refractivity contribution >= 4 is 0 Å². The van der Waals surface area contributed by atoms with Gasteiger partial charge in [0, 0.05) is 12.6 Å². The van der Waals surface area contributed by atoms with E-state index in [0.29, 0.717) is 12.6 Å². The van der Waals surface area contributed by atoms with Crippen molar-refractivity contribution in [3.8, 4) is 11.5 Å². The van der Waals surface area contributed by atoms with Gasteiger partial charge in [-0.25, -0.2) is 0 Å². The molecule has 4 nitrogen and oxygen atoms in total. The van der Waals surface area contributed by atoms with Crippen LogP contribution in [-0.2, 0) is 13.2 Å². The Hall–Kier alpha value is -2.04. The van der Waals surface area contributed by atoms with Crippen LogP contribution >= 0.6 is 0 Å². The highest BCUT2D eigenvalue weighted by Crippen LogP contribution is 2.29. The second-order valence-electron chi connectivity index (χ2n) is 7.21. The molecule has 0 heterocycles. The highest BCUT2D eigenvalue weighted by Gasteiger charge is 2.08. The molecule has 4 heteroatoms. The van der Waals surface area contributed by atoms with Crippen LogP contribution in [0.15, 0.2) is 48.5 Å². The number of nitrogens with one attached hydrogen (secondary N) is 1. The minimum Gasteiger partial charge on any atom is -0.493 e. The van der Waals surface area contributed by atoms with E-state index >= 15 is 0 Å². The Bertz CT molecular complexity index is 672. The van der Waals surface area contributed by atoms with Crippen LogP contribution in [0.2, 0.25) is 0 Å². The van der Waals surface area contributed by atoms with E-state index < -0.39 is 0 Å². The molecular weight excluding hydrogens is 348 g/mol. The van der Waals surface area contributed by atoms with E-state index in [2.05, 4.69) is 55.3 Å². The van der Waals surface area contributed by atoms with Gasteiger partial charge < -0.3 is 19.7 Å². The molecule has 1 unspecified atom stereocenters. The Morgan fingerprint density at radius 1 is 0.964 bits per heavy atom. The molecule has 0 bridgehead atoms. The van der Waals surface area contributed by atoms with Crippen LogP contribution in [0, 0.1) is 0 Å². The lowest BCUT2D eigenvalue weighted by molar-refractivity contribution is 0.284. The van der Waals surface area contributed by atoms with Gasteiger partial charge in [-0.2, -0.15) is 0 Å². The molecule has 0 saturated heterocycles. The normalized spacial score (nSPS) is 12.2. The van der Waals surface area contributed by atoms with Crippen LogP contribution < -0.4 is 14.8 Å². The average Bonchev–Trinajstić information content (AvgIpc) is 2.74. The van der Waals surface area contributed by atoms with Gasteiger partial charge in [0.15, 0.2) is 11.5 Å². The summed E-state index contributed by atoms with van der Waals surface area (Å²) in [4.78, 5) is 2.48. The minimum absolute atomic E-state index is 0.496. The first-order valence-electron chi connectivity index (χ1n) is 10.5.